The van der Waals surface area contributed by atoms with Crippen molar-refractivity contribution in [2.24, 2.45) is 0 Å². The maximum Gasteiger partial charge on any atom is 0.407 e. The molecule has 1 aromatic carbocycles. The molecule has 1 fully saturated rings. The third kappa shape index (κ3) is 2.79. The van der Waals surface area contributed by atoms with E-state index in [-0.39, 0.29) is 6.04 Å². The van der Waals surface area contributed by atoms with E-state index in [9.17, 15) is 4.79 Å². The standard InChI is InChI=1S/C13H13Cl2NO2/c1-18-13(17)16-11-6-5-8(11)7-9-3-2-4-10(14)12(9)15/h2-4,7,11H,5-6H2,1H3,(H,16,17)/b8-7-. The molecule has 0 bridgehead atoms. The van der Waals surface area contributed by atoms with Crippen LogP contribution in [0, 0.1) is 0 Å². The summed E-state index contributed by atoms with van der Waals surface area (Å²) in [5.74, 6) is 0. The smallest absolute Gasteiger partial charge is 0.407 e. The lowest BCUT2D eigenvalue weighted by Gasteiger charge is -2.30. The molecule has 0 spiro atoms. The highest BCUT2D eigenvalue weighted by Crippen LogP contribution is 2.32. The molecule has 0 heterocycles. The van der Waals surface area contributed by atoms with E-state index in [4.69, 9.17) is 23.2 Å². The first-order chi connectivity index (χ1) is 8.61. The van der Waals surface area contributed by atoms with E-state index < -0.39 is 6.09 Å². The van der Waals surface area contributed by atoms with E-state index in [1.165, 1.54) is 7.11 Å². The number of amides is 1. The molecule has 2 rings (SSSR count). The van der Waals surface area contributed by atoms with Gasteiger partial charge in [0.05, 0.1) is 23.2 Å². The van der Waals surface area contributed by atoms with Crippen LogP contribution in [0.3, 0.4) is 0 Å². The summed E-state index contributed by atoms with van der Waals surface area (Å²) >= 11 is 12.1. The van der Waals surface area contributed by atoms with Crippen molar-refractivity contribution in [3.8, 4) is 0 Å². The molecule has 3 nitrogen and oxygen atoms in total. The number of methoxy groups -OCH3 is 1. The summed E-state index contributed by atoms with van der Waals surface area (Å²) in [4.78, 5) is 11.1. The van der Waals surface area contributed by atoms with Gasteiger partial charge in [-0.1, -0.05) is 41.4 Å². The second-order valence-electron chi connectivity index (χ2n) is 4.09. The number of rotatable bonds is 2. The second-order valence-corrected chi connectivity index (χ2v) is 4.87. The van der Waals surface area contributed by atoms with E-state index in [1.807, 2.05) is 18.2 Å². The average molecular weight is 286 g/mol. The molecule has 1 aliphatic rings. The summed E-state index contributed by atoms with van der Waals surface area (Å²) in [6.45, 7) is 0. The number of nitrogens with one attached hydrogen (secondary N) is 1. The molecule has 1 N–H and O–H groups in total. The van der Waals surface area contributed by atoms with Gasteiger partial charge in [0.2, 0.25) is 0 Å². The molecule has 0 radical (unpaired) electrons. The van der Waals surface area contributed by atoms with Crippen molar-refractivity contribution < 1.29 is 9.53 Å². The van der Waals surface area contributed by atoms with Gasteiger partial charge in [-0.15, -0.1) is 0 Å². The first-order valence-electron chi connectivity index (χ1n) is 5.60. The monoisotopic (exact) mass is 285 g/mol. The number of halogens is 2. The lowest BCUT2D eigenvalue weighted by atomic mass is 9.85. The number of carbonyl (C=O) groups is 1. The van der Waals surface area contributed by atoms with E-state index in [1.54, 1.807) is 6.07 Å². The van der Waals surface area contributed by atoms with Crippen LogP contribution in [-0.4, -0.2) is 19.2 Å². The van der Waals surface area contributed by atoms with Crippen LogP contribution in [0.2, 0.25) is 10.0 Å². The van der Waals surface area contributed by atoms with Crippen LogP contribution in [0.5, 0.6) is 0 Å². The van der Waals surface area contributed by atoms with Gasteiger partial charge in [0.25, 0.3) is 0 Å². The molecule has 1 unspecified atom stereocenters. The molecule has 0 aliphatic heterocycles. The van der Waals surface area contributed by atoms with Gasteiger partial charge in [0.1, 0.15) is 0 Å². The summed E-state index contributed by atoms with van der Waals surface area (Å²) in [6, 6.07) is 5.53. The fourth-order valence-electron chi connectivity index (χ4n) is 1.83. The molecule has 0 aromatic heterocycles. The highest BCUT2D eigenvalue weighted by molar-refractivity contribution is 6.42. The van der Waals surface area contributed by atoms with E-state index >= 15 is 0 Å². The van der Waals surface area contributed by atoms with Gasteiger partial charge in [-0.3, -0.25) is 0 Å². The Balaban J connectivity index is 2.14. The minimum absolute atomic E-state index is 0.0347. The van der Waals surface area contributed by atoms with Crippen molar-refractivity contribution >= 4 is 35.4 Å². The number of carbonyl (C=O) groups excluding carboxylic acids is 1. The lowest BCUT2D eigenvalue weighted by molar-refractivity contribution is 0.165. The van der Waals surface area contributed by atoms with E-state index in [0.29, 0.717) is 10.0 Å². The summed E-state index contributed by atoms with van der Waals surface area (Å²) < 4.78 is 4.57. The predicted molar refractivity (Wildman–Crippen MR) is 73.0 cm³/mol. The fourth-order valence-corrected chi connectivity index (χ4v) is 2.19. The van der Waals surface area contributed by atoms with Crippen molar-refractivity contribution in [1.29, 1.82) is 0 Å². The molecule has 96 valence electrons. The number of hydrogen-bond acceptors (Lipinski definition) is 2. The van der Waals surface area contributed by atoms with E-state index in [0.717, 1.165) is 24.0 Å². The Bertz CT molecular complexity index is 500. The Morgan fingerprint density at radius 3 is 2.89 bits per heavy atom. The number of ether oxygens (including phenoxy) is 1. The molecule has 1 amide bonds. The maximum atomic E-state index is 11.1. The maximum absolute atomic E-state index is 11.1. The van der Waals surface area contributed by atoms with Crippen LogP contribution in [-0.2, 0) is 4.74 Å². The van der Waals surface area contributed by atoms with Gasteiger partial charge < -0.3 is 10.1 Å². The summed E-state index contributed by atoms with van der Waals surface area (Å²) in [5, 5.41) is 3.83. The largest absolute Gasteiger partial charge is 0.453 e. The van der Waals surface area contributed by atoms with Crippen LogP contribution < -0.4 is 5.32 Å². The van der Waals surface area contributed by atoms with Gasteiger partial charge in [-0.2, -0.15) is 0 Å². The zero-order chi connectivity index (χ0) is 13.1. The van der Waals surface area contributed by atoms with Gasteiger partial charge >= 0.3 is 6.09 Å². The van der Waals surface area contributed by atoms with Gasteiger partial charge in [-0.05, 0) is 30.0 Å². The highest BCUT2D eigenvalue weighted by atomic mass is 35.5. The van der Waals surface area contributed by atoms with Crippen LogP contribution in [0.4, 0.5) is 4.79 Å². The van der Waals surface area contributed by atoms with Crippen molar-refractivity contribution in [3.63, 3.8) is 0 Å². The molecule has 0 saturated heterocycles. The van der Waals surface area contributed by atoms with Crippen LogP contribution >= 0.6 is 23.2 Å². The molecule has 1 aromatic rings. The minimum atomic E-state index is -0.414. The normalized spacial score (nSPS) is 20.4. The van der Waals surface area contributed by atoms with Crippen LogP contribution in [0.15, 0.2) is 23.8 Å². The summed E-state index contributed by atoms with van der Waals surface area (Å²) in [5.41, 5.74) is 2.00. The molecule has 1 atom stereocenters. The van der Waals surface area contributed by atoms with Gasteiger partial charge in [0, 0.05) is 0 Å². The Morgan fingerprint density at radius 1 is 1.50 bits per heavy atom. The third-order valence-electron chi connectivity index (χ3n) is 2.97. The number of benzene rings is 1. The molecule has 1 aliphatic carbocycles. The van der Waals surface area contributed by atoms with Crippen LogP contribution in [0.25, 0.3) is 6.08 Å². The average Bonchev–Trinajstić information content (AvgIpc) is 2.36. The van der Waals surface area contributed by atoms with Crippen molar-refractivity contribution in [2.45, 2.75) is 18.9 Å². The summed E-state index contributed by atoms with van der Waals surface area (Å²) in [6.07, 6.45) is 3.41. The summed E-state index contributed by atoms with van der Waals surface area (Å²) in [7, 11) is 1.35. The topological polar surface area (TPSA) is 38.3 Å². The van der Waals surface area contributed by atoms with Crippen molar-refractivity contribution in [2.75, 3.05) is 7.11 Å². The molecule has 5 heteroatoms. The number of alkyl carbamates (subject to hydrolysis) is 1. The first kappa shape index (κ1) is 13.2. The molecule has 1 saturated carbocycles. The van der Waals surface area contributed by atoms with Crippen molar-refractivity contribution in [3.05, 3.63) is 39.4 Å². The molecule has 18 heavy (non-hydrogen) atoms. The quantitative estimate of drug-likeness (QED) is 0.895. The first-order valence-corrected chi connectivity index (χ1v) is 6.36. The van der Waals surface area contributed by atoms with Crippen LogP contribution in [0.1, 0.15) is 18.4 Å². The minimum Gasteiger partial charge on any atom is -0.453 e. The Labute approximate surface area is 116 Å². The predicted octanol–water partition coefficient (Wildman–Crippen LogP) is 3.90. The Morgan fingerprint density at radius 2 is 2.28 bits per heavy atom. The number of hydrogen-bond donors (Lipinski definition) is 1. The Hall–Kier alpha value is -1.19. The zero-order valence-corrected chi connectivity index (χ0v) is 11.4. The lowest BCUT2D eigenvalue weighted by Crippen LogP contribution is -2.41. The fraction of sp³-hybridized carbons (Fsp3) is 0.308. The zero-order valence-electron chi connectivity index (χ0n) is 9.87. The van der Waals surface area contributed by atoms with E-state index in [2.05, 4.69) is 10.1 Å². The van der Waals surface area contributed by atoms with Gasteiger partial charge in [0.15, 0.2) is 0 Å². The molecular formula is C13H13Cl2NO2. The third-order valence-corrected chi connectivity index (χ3v) is 3.80. The molecular weight excluding hydrogens is 273 g/mol. The van der Waals surface area contributed by atoms with Gasteiger partial charge in [-0.25, -0.2) is 4.79 Å². The second kappa shape index (κ2) is 5.63. The highest BCUT2D eigenvalue weighted by Gasteiger charge is 2.26. The SMILES string of the molecule is COC(=O)NC1CC/C1=C/c1cccc(Cl)c1Cl. The van der Waals surface area contributed by atoms with Crippen molar-refractivity contribution in [1.82, 2.24) is 5.32 Å². The Kier molecular flexibility index (Phi) is 4.15.